The van der Waals surface area contributed by atoms with Gasteiger partial charge in [0.05, 0.1) is 17.7 Å². The number of hydrogen-bond acceptors (Lipinski definition) is 4. The van der Waals surface area contributed by atoms with E-state index >= 15 is 0 Å². The zero-order chi connectivity index (χ0) is 18.1. The van der Waals surface area contributed by atoms with Crippen LogP contribution >= 0.6 is 11.3 Å². The summed E-state index contributed by atoms with van der Waals surface area (Å²) in [7, 11) is 2.01. The van der Waals surface area contributed by atoms with Crippen molar-refractivity contribution in [2.24, 2.45) is 4.99 Å². The number of thiazole rings is 1. The number of benzene rings is 1. The van der Waals surface area contributed by atoms with E-state index in [1.807, 2.05) is 39.1 Å². The van der Waals surface area contributed by atoms with E-state index in [1.54, 1.807) is 5.51 Å². The fourth-order valence-electron chi connectivity index (χ4n) is 2.33. The molecule has 0 aliphatic heterocycles. The van der Waals surface area contributed by atoms with Gasteiger partial charge in [-0.05, 0) is 19.4 Å². The molecule has 1 aromatic carbocycles. The van der Waals surface area contributed by atoms with Crippen molar-refractivity contribution in [1.29, 1.82) is 0 Å². The first-order valence-electron chi connectivity index (χ1n) is 8.33. The van der Waals surface area contributed by atoms with Crippen molar-refractivity contribution in [2.75, 3.05) is 26.7 Å². The molecule has 0 unspecified atom stereocenters. The molecule has 0 atom stereocenters. The lowest BCUT2D eigenvalue weighted by molar-refractivity contribution is 0.0958. The second-order valence-electron chi connectivity index (χ2n) is 5.60. The topological polar surface area (TPSA) is 69.6 Å². The molecule has 7 heteroatoms. The summed E-state index contributed by atoms with van der Waals surface area (Å²) in [6, 6.07) is 10.3. The average Bonchev–Trinajstić information content (AvgIpc) is 3.04. The minimum atomic E-state index is -0.0853. The summed E-state index contributed by atoms with van der Waals surface area (Å²) in [6.07, 6.45) is 0. The molecule has 0 bridgehead atoms. The van der Waals surface area contributed by atoms with Crippen molar-refractivity contribution in [2.45, 2.75) is 20.4 Å². The van der Waals surface area contributed by atoms with E-state index in [0.717, 1.165) is 24.7 Å². The Morgan fingerprint density at radius 2 is 2.04 bits per heavy atom. The Kier molecular flexibility index (Phi) is 7.40. The Balaban J connectivity index is 1.86. The Hall–Kier alpha value is -2.41. The second kappa shape index (κ2) is 9.78. The molecule has 2 N–H and O–H groups in total. The number of amides is 1. The molecule has 25 heavy (non-hydrogen) atoms. The molecule has 2 aromatic rings. The summed E-state index contributed by atoms with van der Waals surface area (Å²) in [5.41, 5.74) is 3.68. The van der Waals surface area contributed by atoms with E-state index in [9.17, 15) is 4.79 Å². The van der Waals surface area contributed by atoms with E-state index < -0.39 is 0 Å². The van der Waals surface area contributed by atoms with Gasteiger partial charge in [-0.15, -0.1) is 11.3 Å². The van der Waals surface area contributed by atoms with Crippen LogP contribution in [-0.4, -0.2) is 48.4 Å². The van der Waals surface area contributed by atoms with E-state index in [-0.39, 0.29) is 5.91 Å². The highest BCUT2D eigenvalue weighted by atomic mass is 32.1. The van der Waals surface area contributed by atoms with Crippen LogP contribution in [0.25, 0.3) is 0 Å². The lowest BCUT2D eigenvalue weighted by Crippen LogP contribution is -2.39. The lowest BCUT2D eigenvalue weighted by atomic mass is 10.2. The average molecular weight is 359 g/mol. The van der Waals surface area contributed by atoms with Crippen molar-refractivity contribution < 1.29 is 4.79 Å². The van der Waals surface area contributed by atoms with Crippen LogP contribution in [0.4, 0.5) is 0 Å². The third-order valence-corrected chi connectivity index (χ3v) is 4.50. The fourth-order valence-corrected chi connectivity index (χ4v) is 3.05. The Bertz CT molecular complexity index is 699. The second-order valence-corrected chi connectivity index (χ2v) is 6.45. The smallest absolute Gasteiger partial charge is 0.263 e. The van der Waals surface area contributed by atoms with Gasteiger partial charge in [-0.1, -0.05) is 30.3 Å². The molecule has 0 radical (unpaired) electrons. The first kappa shape index (κ1) is 18.9. The van der Waals surface area contributed by atoms with E-state index in [2.05, 4.69) is 37.6 Å². The zero-order valence-electron chi connectivity index (χ0n) is 15.0. The van der Waals surface area contributed by atoms with Gasteiger partial charge < -0.3 is 15.5 Å². The number of aliphatic imine (C=N–C) groups is 1. The van der Waals surface area contributed by atoms with Gasteiger partial charge in [0, 0.05) is 26.7 Å². The van der Waals surface area contributed by atoms with Gasteiger partial charge in [0.15, 0.2) is 5.96 Å². The number of rotatable bonds is 7. The summed E-state index contributed by atoms with van der Waals surface area (Å²) in [4.78, 5) is 23.5. The zero-order valence-corrected chi connectivity index (χ0v) is 15.8. The maximum Gasteiger partial charge on any atom is 0.263 e. The molecule has 0 fully saturated rings. The first-order valence-corrected chi connectivity index (χ1v) is 9.21. The monoisotopic (exact) mass is 359 g/mol. The number of guanidine groups is 1. The third kappa shape index (κ3) is 5.86. The number of aryl methyl sites for hydroxylation is 1. The number of nitrogens with zero attached hydrogens (tertiary/aromatic N) is 3. The van der Waals surface area contributed by atoms with Gasteiger partial charge in [0.2, 0.25) is 0 Å². The Morgan fingerprint density at radius 1 is 1.28 bits per heavy atom. The summed E-state index contributed by atoms with van der Waals surface area (Å²) >= 11 is 1.36. The maximum absolute atomic E-state index is 12.1. The highest BCUT2D eigenvalue weighted by Gasteiger charge is 2.11. The van der Waals surface area contributed by atoms with Gasteiger partial charge >= 0.3 is 0 Å². The molecule has 0 saturated heterocycles. The number of hydrogen-bond donors (Lipinski definition) is 2. The van der Waals surface area contributed by atoms with Crippen LogP contribution < -0.4 is 10.6 Å². The summed E-state index contributed by atoms with van der Waals surface area (Å²) in [5.74, 6) is 0.743. The van der Waals surface area contributed by atoms with Crippen LogP contribution in [0.3, 0.4) is 0 Å². The molecule has 0 aliphatic carbocycles. The standard InChI is InChI=1S/C18H25N5OS/c1-4-19-18(23(3)12-15-8-6-5-7-9-15)21-11-10-20-17(24)16-14(2)22-13-25-16/h5-9,13H,4,10-12H2,1-3H3,(H,19,21)(H,20,24). The predicted octanol–water partition coefficient (Wildman–Crippen LogP) is 2.28. The molecular weight excluding hydrogens is 334 g/mol. The molecule has 0 spiro atoms. The van der Waals surface area contributed by atoms with E-state index in [1.165, 1.54) is 16.9 Å². The van der Waals surface area contributed by atoms with Gasteiger partial charge in [-0.3, -0.25) is 9.79 Å². The predicted molar refractivity (Wildman–Crippen MR) is 103 cm³/mol. The van der Waals surface area contributed by atoms with Crippen molar-refractivity contribution in [3.05, 3.63) is 52.0 Å². The largest absolute Gasteiger partial charge is 0.357 e. The van der Waals surface area contributed by atoms with Crippen LogP contribution in [0, 0.1) is 6.92 Å². The minimum absolute atomic E-state index is 0.0853. The van der Waals surface area contributed by atoms with Gasteiger partial charge in [0.1, 0.15) is 4.88 Å². The Morgan fingerprint density at radius 3 is 2.68 bits per heavy atom. The fraction of sp³-hybridized carbons (Fsp3) is 0.389. The van der Waals surface area contributed by atoms with Crippen molar-refractivity contribution >= 4 is 23.2 Å². The van der Waals surface area contributed by atoms with Gasteiger partial charge in [-0.2, -0.15) is 0 Å². The highest BCUT2D eigenvalue weighted by molar-refractivity contribution is 7.11. The van der Waals surface area contributed by atoms with Crippen LogP contribution in [0.15, 0.2) is 40.8 Å². The summed E-state index contributed by atoms with van der Waals surface area (Å²) < 4.78 is 0. The van der Waals surface area contributed by atoms with Crippen LogP contribution in [0.2, 0.25) is 0 Å². The van der Waals surface area contributed by atoms with E-state index in [4.69, 9.17) is 0 Å². The van der Waals surface area contributed by atoms with Crippen LogP contribution in [0.1, 0.15) is 27.9 Å². The van der Waals surface area contributed by atoms with Gasteiger partial charge in [-0.25, -0.2) is 4.98 Å². The first-order chi connectivity index (χ1) is 12.1. The molecule has 1 aromatic heterocycles. The number of carbonyl (C=O) groups excluding carboxylic acids is 1. The lowest BCUT2D eigenvalue weighted by Gasteiger charge is -2.22. The SMILES string of the molecule is CCNC(=NCCNC(=O)c1scnc1C)N(C)Cc1ccccc1. The summed E-state index contributed by atoms with van der Waals surface area (Å²) in [6.45, 7) is 6.46. The molecular formula is C18H25N5OS. The molecule has 1 heterocycles. The normalized spacial score (nSPS) is 11.2. The molecule has 2 rings (SSSR count). The maximum atomic E-state index is 12.1. The van der Waals surface area contributed by atoms with Gasteiger partial charge in [0.25, 0.3) is 5.91 Å². The van der Waals surface area contributed by atoms with Crippen molar-refractivity contribution in [3.63, 3.8) is 0 Å². The highest BCUT2D eigenvalue weighted by Crippen LogP contribution is 2.11. The molecule has 134 valence electrons. The number of aromatic nitrogens is 1. The number of carbonyl (C=O) groups is 1. The van der Waals surface area contributed by atoms with E-state index in [0.29, 0.717) is 18.0 Å². The minimum Gasteiger partial charge on any atom is -0.357 e. The third-order valence-electron chi connectivity index (χ3n) is 3.57. The van der Waals surface area contributed by atoms with Crippen LogP contribution in [0.5, 0.6) is 0 Å². The van der Waals surface area contributed by atoms with Crippen molar-refractivity contribution in [1.82, 2.24) is 20.5 Å². The molecule has 6 nitrogen and oxygen atoms in total. The molecule has 1 amide bonds. The van der Waals surface area contributed by atoms with Crippen LogP contribution in [-0.2, 0) is 6.54 Å². The summed E-state index contributed by atoms with van der Waals surface area (Å²) in [5, 5.41) is 6.17. The molecule has 0 saturated carbocycles. The van der Waals surface area contributed by atoms with Crippen molar-refractivity contribution in [3.8, 4) is 0 Å². The Labute approximate surface area is 153 Å². The number of nitrogens with one attached hydrogen (secondary N) is 2. The molecule has 0 aliphatic rings. The quantitative estimate of drug-likeness (QED) is 0.452.